The van der Waals surface area contributed by atoms with E-state index in [9.17, 15) is 23.1 Å². The fraction of sp³-hybridized carbons (Fsp3) is 0.417. The van der Waals surface area contributed by atoms with Crippen LogP contribution in [0.25, 0.3) is 0 Å². The number of carbonyl (C=O) groups excluding carboxylic acids is 1. The first-order chi connectivity index (χ1) is 14.6. The van der Waals surface area contributed by atoms with E-state index in [1.807, 2.05) is 37.3 Å². The van der Waals surface area contributed by atoms with Gasteiger partial charge in [-0.15, -0.1) is 0 Å². The van der Waals surface area contributed by atoms with E-state index in [1.54, 1.807) is 0 Å². The fourth-order valence-corrected chi connectivity index (χ4v) is 4.39. The van der Waals surface area contributed by atoms with Crippen molar-refractivity contribution in [2.24, 2.45) is 5.41 Å². The number of rotatable bonds is 5. The predicted molar refractivity (Wildman–Crippen MR) is 111 cm³/mol. The van der Waals surface area contributed by atoms with Crippen molar-refractivity contribution in [2.45, 2.75) is 57.2 Å². The Morgan fingerprint density at radius 1 is 1.13 bits per heavy atom. The number of halogens is 3. The summed E-state index contributed by atoms with van der Waals surface area (Å²) in [6, 6.07) is 13.6. The summed E-state index contributed by atoms with van der Waals surface area (Å²) < 4.78 is 39.9. The molecule has 0 spiro atoms. The smallest absolute Gasteiger partial charge is 0.379 e. The number of alkyl halides is 3. The van der Waals surface area contributed by atoms with Crippen LogP contribution in [0, 0.1) is 16.7 Å². The zero-order chi connectivity index (χ0) is 22.7. The van der Waals surface area contributed by atoms with Crippen LogP contribution in [0.1, 0.15) is 55.7 Å². The largest absolute Gasteiger partial charge is 0.417 e. The van der Waals surface area contributed by atoms with Gasteiger partial charge in [0.2, 0.25) is 0 Å². The molecule has 2 aromatic carbocycles. The van der Waals surface area contributed by atoms with Gasteiger partial charge < -0.3 is 10.4 Å². The SMILES string of the molecule is CC1(C(O)(Cc2ccccc2)C(=O)Nc2ccc(C#N)c(C(F)(F)F)c2)CCCCC1. The number of aliphatic hydroxyl groups is 1. The van der Waals surface area contributed by atoms with Crippen LogP contribution in [0.2, 0.25) is 0 Å². The molecule has 0 heterocycles. The molecule has 0 bridgehead atoms. The van der Waals surface area contributed by atoms with Crippen molar-refractivity contribution >= 4 is 11.6 Å². The molecule has 1 amide bonds. The molecule has 3 rings (SSSR count). The van der Waals surface area contributed by atoms with E-state index < -0.39 is 34.2 Å². The van der Waals surface area contributed by atoms with Crippen LogP contribution in [-0.4, -0.2) is 16.6 Å². The third kappa shape index (κ3) is 4.75. The average Bonchev–Trinajstić information content (AvgIpc) is 2.74. The molecular weight excluding hydrogens is 405 g/mol. The Morgan fingerprint density at radius 3 is 2.35 bits per heavy atom. The summed E-state index contributed by atoms with van der Waals surface area (Å²) in [6.07, 6.45) is -0.634. The van der Waals surface area contributed by atoms with Gasteiger partial charge in [0.25, 0.3) is 5.91 Å². The lowest BCUT2D eigenvalue weighted by atomic mass is 9.62. The van der Waals surface area contributed by atoms with Gasteiger partial charge in [0.05, 0.1) is 17.2 Å². The van der Waals surface area contributed by atoms with Crippen molar-refractivity contribution in [1.82, 2.24) is 0 Å². The van der Waals surface area contributed by atoms with Crippen molar-refractivity contribution in [1.29, 1.82) is 5.26 Å². The van der Waals surface area contributed by atoms with E-state index >= 15 is 0 Å². The second-order valence-corrected chi connectivity index (χ2v) is 8.47. The topological polar surface area (TPSA) is 73.1 Å². The molecule has 0 radical (unpaired) electrons. The standard InChI is InChI=1S/C24H25F3N2O2/c1-22(12-6-3-7-13-22)23(31,15-17-8-4-2-5-9-17)21(30)29-19-11-10-18(16-28)20(14-19)24(25,26)27/h2,4-5,8-11,14,31H,3,6-7,12-13,15H2,1H3,(H,29,30). The van der Waals surface area contributed by atoms with E-state index in [2.05, 4.69) is 5.32 Å². The molecule has 0 saturated heterocycles. The van der Waals surface area contributed by atoms with Gasteiger partial charge in [-0.2, -0.15) is 18.4 Å². The van der Waals surface area contributed by atoms with Gasteiger partial charge in [0.1, 0.15) is 0 Å². The zero-order valence-electron chi connectivity index (χ0n) is 17.3. The van der Waals surface area contributed by atoms with Gasteiger partial charge in [-0.05, 0) is 36.6 Å². The minimum Gasteiger partial charge on any atom is -0.379 e. The molecule has 2 aromatic rings. The van der Waals surface area contributed by atoms with Crippen LogP contribution in [0.4, 0.5) is 18.9 Å². The number of benzene rings is 2. The van der Waals surface area contributed by atoms with E-state index in [4.69, 9.17) is 5.26 Å². The Balaban J connectivity index is 1.96. The number of nitrogens with one attached hydrogen (secondary N) is 1. The van der Waals surface area contributed by atoms with E-state index in [0.717, 1.165) is 37.0 Å². The minimum atomic E-state index is -4.73. The van der Waals surface area contributed by atoms with Crippen molar-refractivity contribution < 1.29 is 23.1 Å². The number of amides is 1. The Morgan fingerprint density at radius 2 is 1.77 bits per heavy atom. The molecule has 1 aliphatic rings. The molecular formula is C24H25F3N2O2. The lowest BCUT2D eigenvalue weighted by molar-refractivity contribution is -0.153. The van der Waals surface area contributed by atoms with Gasteiger partial charge >= 0.3 is 6.18 Å². The third-order valence-electron chi connectivity index (χ3n) is 6.34. The molecule has 1 aliphatic carbocycles. The first-order valence-corrected chi connectivity index (χ1v) is 10.3. The maximum atomic E-state index is 13.4. The van der Waals surface area contributed by atoms with Gasteiger partial charge in [-0.1, -0.05) is 56.5 Å². The van der Waals surface area contributed by atoms with Crippen molar-refractivity contribution in [2.75, 3.05) is 5.32 Å². The third-order valence-corrected chi connectivity index (χ3v) is 6.34. The van der Waals surface area contributed by atoms with E-state index in [0.29, 0.717) is 12.8 Å². The van der Waals surface area contributed by atoms with Gasteiger partial charge in [-0.25, -0.2) is 0 Å². The minimum absolute atomic E-state index is 0.0541. The zero-order valence-corrected chi connectivity index (χ0v) is 17.3. The highest BCUT2D eigenvalue weighted by Gasteiger charge is 2.52. The number of anilines is 1. The highest BCUT2D eigenvalue weighted by molar-refractivity contribution is 5.98. The Kier molecular flexibility index (Phi) is 6.42. The molecule has 4 nitrogen and oxygen atoms in total. The highest BCUT2D eigenvalue weighted by atomic mass is 19.4. The maximum Gasteiger partial charge on any atom is 0.417 e. The highest BCUT2D eigenvalue weighted by Crippen LogP contribution is 2.47. The molecule has 164 valence electrons. The normalized spacial score (nSPS) is 17.9. The van der Waals surface area contributed by atoms with Crippen LogP contribution in [-0.2, 0) is 17.4 Å². The van der Waals surface area contributed by atoms with Crippen LogP contribution in [0.5, 0.6) is 0 Å². The first kappa shape index (κ1) is 22.8. The second-order valence-electron chi connectivity index (χ2n) is 8.47. The van der Waals surface area contributed by atoms with Crippen molar-refractivity contribution in [3.63, 3.8) is 0 Å². The Bertz CT molecular complexity index is 977. The second kappa shape index (κ2) is 8.72. The Labute approximate surface area is 179 Å². The molecule has 1 fully saturated rings. The molecule has 1 saturated carbocycles. The summed E-state index contributed by atoms with van der Waals surface area (Å²) in [7, 11) is 0. The summed E-state index contributed by atoms with van der Waals surface area (Å²) >= 11 is 0. The molecule has 1 unspecified atom stereocenters. The number of hydrogen-bond donors (Lipinski definition) is 2. The maximum absolute atomic E-state index is 13.4. The van der Waals surface area contributed by atoms with Crippen LogP contribution >= 0.6 is 0 Å². The number of nitriles is 1. The fourth-order valence-electron chi connectivity index (χ4n) is 4.39. The summed E-state index contributed by atoms with van der Waals surface area (Å²) in [4.78, 5) is 13.4. The van der Waals surface area contributed by atoms with E-state index in [1.165, 1.54) is 12.1 Å². The molecule has 1 atom stereocenters. The molecule has 0 aliphatic heterocycles. The monoisotopic (exact) mass is 430 g/mol. The molecule has 0 aromatic heterocycles. The van der Waals surface area contributed by atoms with Crippen molar-refractivity contribution in [3.05, 3.63) is 65.2 Å². The first-order valence-electron chi connectivity index (χ1n) is 10.3. The number of nitrogens with zero attached hydrogens (tertiary/aromatic N) is 1. The van der Waals surface area contributed by atoms with Gasteiger partial charge in [0.15, 0.2) is 5.60 Å². The quantitative estimate of drug-likeness (QED) is 0.662. The van der Waals surface area contributed by atoms with Gasteiger partial charge in [-0.3, -0.25) is 4.79 Å². The van der Waals surface area contributed by atoms with Crippen LogP contribution < -0.4 is 5.32 Å². The van der Waals surface area contributed by atoms with Crippen molar-refractivity contribution in [3.8, 4) is 6.07 Å². The van der Waals surface area contributed by atoms with Crippen LogP contribution in [0.15, 0.2) is 48.5 Å². The Hall–Kier alpha value is -2.85. The lowest BCUT2D eigenvalue weighted by Crippen LogP contribution is -2.57. The molecule has 2 N–H and O–H groups in total. The number of carbonyl (C=O) groups is 1. The van der Waals surface area contributed by atoms with E-state index in [-0.39, 0.29) is 12.1 Å². The number of hydrogen-bond acceptors (Lipinski definition) is 3. The lowest BCUT2D eigenvalue weighted by Gasteiger charge is -2.46. The summed E-state index contributed by atoms with van der Waals surface area (Å²) in [5.41, 5.74) is -3.51. The molecule has 31 heavy (non-hydrogen) atoms. The summed E-state index contributed by atoms with van der Waals surface area (Å²) in [6.45, 7) is 1.87. The summed E-state index contributed by atoms with van der Waals surface area (Å²) in [5, 5.41) is 23.2. The average molecular weight is 430 g/mol. The summed E-state index contributed by atoms with van der Waals surface area (Å²) in [5.74, 6) is -0.737. The molecule has 7 heteroatoms. The van der Waals surface area contributed by atoms with Gasteiger partial charge in [0, 0.05) is 17.5 Å². The predicted octanol–water partition coefficient (Wildman–Crippen LogP) is 5.46. The van der Waals surface area contributed by atoms with Crippen LogP contribution in [0.3, 0.4) is 0 Å².